The number of benzene rings is 2. The summed E-state index contributed by atoms with van der Waals surface area (Å²) in [5.74, 6) is 0.866. The first kappa shape index (κ1) is 16.2. The van der Waals surface area contributed by atoms with E-state index in [-0.39, 0.29) is 0 Å². The van der Waals surface area contributed by atoms with Gasteiger partial charge in [0.15, 0.2) is 5.11 Å². The van der Waals surface area contributed by atoms with Crippen molar-refractivity contribution in [2.45, 2.75) is 19.5 Å². The maximum atomic E-state index is 5.50. The Bertz CT molecular complexity index is 705. The summed E-state index contributed by atoms with van der Waals surface area (Å²) in [5.41, 5.74) is 5.05. The third-order valence-corrected chi connectivity index (χ3v) is 4.54. The molecular formula is C17H18BrN3OS. The Morgan fingerprint density at radius 2 is 1.78 bits per heavy atom. The van der Waals surface area contributed by atoms with Crippen molar-refractivity contribution in [1.29, 1.82) is 0 Å². The van der Waals surface area contributed by atoms with Gasteiger partial charge >= 0.3 is 0 Å². The minimum Gasteiger partial charge on any atom is -0.494 e. The topological polar surface area (TPSA) is 36.5 Å². The first-order chi connectivity index (χ1) is 11.0. The van der Waals surface area contributed by atoms with Crippen LogP contribution in [0.4, 0.5) is 5.69 Å². The molecule has 6 heteroatoms. The smallest absolute Gasteiger partial charge is 0.190 e. The van der Waals surface area contributed by atoms with Crippen molar-refractivity contribution in [3.8, 4) is 5.75 Å². The number of hydrazine groups is 1. The van der Waals surface area contributed by atoms with Gasteiger partial charge in [-0.3, -0.25) is 0 Å². The van der Waals surface area contributed by atoms with Crippen LogP contribution in [0.3, 0.4) is 0 Å². The van der Waals surface area contributed by atoms with Gasteiger partial charge in [-0.2, -0.15) is 5.43 Å². The molecule has 1 heterocycles. The molecule has 0 aliphatic carbocycles. The average molecular weight is 392 g/mol. The fourth-order valence-corrected chi connectivity index (χ4v) is 3.15. The monoisotopic (exact) mass is 391 g/mol. The summed E-state index contributed by atoms with van der Waals surface area (Å²) in [6.07, 6.45) is 0. The molecule has 0 amide bonds. The van der Waals surface area contributed by atoms with Crippen LogP contribution in [0.15, 0.2) is 53.0 Å². The van der Waals surface area contributed by atoms with Crippen LogP contribution in [0, 0.1) is 0 Å². The second kappa shape index (κ2) is 6.47. The SMILES string of the molecule is CCOc1ccc([C@]2(C)NC(=S)N(c3ccc(Br)cc3)N2)cc1. The number of hydrogen-bond acceptors (Lipinski definition) is 3. The molecule has 0 unspecified atom stereocenters. The van der Waals surface area contributed by atoms with Crippen LogP contribution < -0.4 is 20.5 Å². The lowest BCUT2D eigenvalue weighted by molar-refractivity contribution is 0.339. The van der Waals surface area contributed by atoms with Crippen LogP contribution in [-0.4, -0.2) is 11.7 Å². The third-order valence-electron chi connectivity index (χ3n) is 3.72. The van der Waals surface area contributed by atoms with Gasteiger partial charge in [0.1, 0.15) is 11.4 Å². The lowest BCUT2D eigenvalue weighted by Gasteiger charge is -2.26. The summed E-state index contributed by atoms with van der Waals surface area (Å²) in [4.78, 5) is 0. The molecule has 120 valence electrons. The fourth-order valence-electron chi connectivity index (χ4n) is 2.53. The van der Waals surface area contributed by atoms with Crippen molar-refractivity contribution in [1.82, 2.24) is 10.7 Å². The Kier molecular flexibility index (Phi) is 4.57. The first-order valence-electron chi connectivity index (χ1n) is 7.41. The number of nitrogens with one attached hydrogen (secondary N) is 2. The third kappa shape index (κ3) is 3.34. The van der Waals surface area contributed by atoms with Crippen LogP contribution in [0.5, 0.6) is 5.75 Å². The molecule has 1 fully saturated rings. The molecule has 4 nitrogen and oxygen atoms in total. The van der Waals surface area contributed by atoms with Crippen LogP contribution in [0.25, 0.3) is 0 Å². The van der Waals surface area contributed by atoms with Crippen molar-refractivity contribution in [3.05, 3.63) is 58.6 Å². The van der Waals surface area contributed by atoms with Gasteiger partial charge in [-0.1, -0.05) is 28.1 Å². The second-order valence-corrected chi connectivity index (χ2v) is 6.74. The summed E-state index contributed by atoms with van der Waals surface area (Å²) < 4.78 is 6.53. The van der Waals surface area contributed by atoms with E-state index in [1.165, 1.54) is 0 Å². The zero-order valence-electron chi connectivity index (χ0n) is 13.0. The Morgan fingerprint density at radius 1 is 1.13 bits per heavy atom. The number of thiocarbonyl (C=S) groups is 1. The lowest BCUT2D eigenvalue weighted by atomic mass is 10.0. The molecule has 2 N–H and O–H groups in total. The average Bonchev–Trinajstić information content (AvgIpc) is 2.85. The highest BCUT2D eigenvalue weighted by Crippen LogP contribution is 2.28. The molecule has 0 radical (unpaired) electrons. The molecule has 0 saturated carbocycles. The summed E-state index contributed by atoms with van der Waals surface area (Å²) in [7, 11) is 0. The predicted molar refractivity (Wildman–Crippen MR) is 100 cm³/mol. The van der Waals surface area contributed by atoms with Crippen LogP contribution in [0.1, 0.15) is 19.4 Å². The summed E-state index contributed by atoms with van der Waals surface area (Å²) >= 11 is 8.94. The van der Waals surface area contributed by atoms with Gasteiger partial charge in [-0.15, -0.1) is 0 Å². The maximum absolute atomic E-state index is 5.50. The Morgan fingerprint density at radius 3 is 2.39 bits per heavy atom. The minimum atomic E-state index is -0.463. The quantitative estimate of drug-likeness (QED) is 0.772. The normalized spacial score (nSPS) is 20.5. The van der Waals surface area contributed by atoms with Crippen molar-refractivity contribution >= 4 is 38.9 Å². The molecule has 2 aromatic carbocycles. The van der Waals surface area contributed by atoms with Gasteiger partial charge in [0, 0.05) is 4.47 Å². The maximum Gasteiger partial charge on any atom is 0.190 e. The molecule has 0 aromatic heterocycles. The molecule has 0 bridgehead atoms. The molecular weight excluding hydrogens is 374 g/mol. The number of anilines is 1. The largest absolute Gasteiger partial charge is 0.494 e. The van der Waals surface area contributed by atoms with Gasteiger partial charge in [-0.25, -0.2) is 5.01 Å². The molecule has 1 aliphatic rings. The number of rotatable bonds is 4. The van der Waals surface area contributed by atoms with E-state index in [2.05, 4.69) is 33.6 Å². The van der Waals surface area contributed by atoms with Gasteiger partial charge in [0.25, 0.3) is 0 Å². The van der Waals surface area contributed by atoms with Gasteiger partial charge in [0.05, 0.1) is 12.3 Å². The van der Waals surface area contributed by atoms with E-state index < -0.39 is 5.66 Å². The highest BCUT2D eigenvalue weighted by Gasteiger charge is 2.38. The summed E-state index contributed by atoms with van der Waals surface area (Å²) in [5, 5.41) is 5.88. The van der Waals surface area contributed by atoms with Gasteiger partial charge < -0.3 is 10.1 Å². The number of halogens is 1. The van der Waals surface area contributed by atoms with Crippen molar-refractivity contribution in [2.24, 2.45) is 0 Å². The van der Waals surface area contributed by atoms with E-state index in [1.807, 2.05) is 60.5 Å². The fraction of sp³-hybridized carbons (Fsp3) is 0.235. The molecule has 1 atom stereocenters. The summed E-state index contributed by atoms with van der Waals surface area (Å²) in [6, 6.07) is 16.0. The second-order valence-electron chi connectivity index (χ2n) is 5.44. The van der Waals surface area contributed by atoms with Gasteiger partial charge in [-0.05, 0) is 68.0 Å². The van der Waals surface area contributed by atoms with E-state index in [9.17, 15) is 0 Å². The minimum absolute atomic E-state index is 0.463. The van der Waals surface area contributed by atoms with E-state index in [4.69, 9.17) is 17.0 Å². The molecule has 0 spiro atoms. The molecule has 23 heavy (non-hydrogen) atoms. The number of hydrogen-bond donors (Lipinski definition) is 2. The number of nitrogens with zero attached hydrogens (tertiary/aromatic N) is 1. The Labute approximate surface area is 149 Å². The van der Waals surface area contributed by atoms with Crippen LogP contribution in [0.2, 0.25) is 0 Å². The first-order valence-corrected chi connectivity index (χ1v) is 8.61. The van der Waals surface area contributed by atoms with Crippen molar-refractivity contribution < 1.29 is 4.74 Å². The molecule has 2 aromatic rings. The highest BCUT2D eigenvalue weighted by atomic mass is 79.9. The van der Waals surface area contributed by atoms with Crippen molar-refractivity contribution in [2.75, 3.05) is 11.6 Å². The van der Waals surface area contributed by atoms with E-state index in [0.29, 0.717) is 11.7 Å². The van der Waals surface area contributed by atoms with Crippen LogP contribution >= 0.6 is 28.1 Å². The zero-order valence-corrected chi connectivity index (χ0v) is 15.4. The van der Waals surface area contributed by atoms with E-state index >= 15 is 0 Å². The lowest BCUT2D eigenvalue weighted by Crippen LogP contribution is -2.45. The van der Waals surface area contributed by atoms with Crippen LogP contribution in [-0.2, 0) is 5.66 Å². The van der Waals surface area contributed by atoms with Gasteiger partial charge in [0.2, 0.25) is 0 Å². The number of ether oxygens (including phenoxy) is 1. The van der Waals surface area contributed by atoms with E-state index in [1.54, 1.807) is 0 Å². The Balaban J connectivity index is 1.83. The zero-order chi connectivity index (χ0) is 16.4. The molecule has 3 rings (SSSR count). The summed E-state index contributed by atoms with van der Waals surface area (Å²) in [6.45, 7) is 4.70. The predicted octanol–water partition coefficient (Wildman–Crippen LogP) is 3.92. The molecule has 1 saturated heterocycles. The standard InChI is InChI=1S/C17H18BrN3OS/c1-3-22-15-10-4-12(5-11-15)17(2)19-16(23)21(20-17)14-8-6-13(18)7-9-14/h4-11,20H,3H2,1-2H3,(H,19,23)/t17-/m1/s1. The molecule has 1 aliphatic heterocycles. The highest BCUT2D eigenvalue weighted by molar-refractivity contribution is 9.10. The Hall–Kier alpha value is -1.63. The van der Waals surface area contributed by atoms with Crippen molar-refractivity contribution in [3.63, 3.8) is 0 Å². The van der Waals surface area contributed by atoms with E-state index in [0.717, 1.165) is 21.5 Å².